The summed E-state index contributed by atoms with van der Waals surface area (Å²) in [7, 11) is 0. The highest BCUT2D eigenvalue weighted by molar-refractivity contribution is 7.21. The van der Waals surface area contributed by atoms with Gasteiger partial charge in [0.25, 0.3) is 5.91 Å². The molecule has 0 radical (unpaired) electrons. The molecule has 0 saturated carbocycles. The molecule has 0 aliphatic heterocycles. The van der Waals surface area contributed by atoms with Gasteiger partial charge in [-0.15, -0.1) is 11.3 Å². The summed E-state index contributed by atoms with van der Waals surface area (Å²) in [5, 5.41) is 13.3. The average Bonchev–Trinajstić information content (AvgIpc) is 2.83. The zero-order chi connectivity index (χ0) is 15.2. The Labute approximate surface area is 130 Å². The van der Waals surface area contributed by atoms with Gasteiger partial charge in [-0.2, -0.15) is 0 Å². The molecule has 2 N–H and O–H groups in total. The molecule has 21 heavy (non-hydrogen) atoms. The lowest BCUT2D eigenvalue weighted by molar-refractivity contribution is 0.0946. The van der Waals surface area contributed by atoms with Gasteiger partial charge < -0.3 is 10.4 Å². The maximum atomic E-state index is 12.4. The number of amides is 1. The zero-order valence-electron chi connectivity index (χ0n) is 12.7. The number of hydrogen-bond acceptors (Lipinski definition) is 3. The van der Waals surface area contributed by atoms with Crippen molar-refractivity contribution in [3.63, 3.8) is 0 Å². The minimum atomic E-state index is 0.00717. The fraction of sp³-hybridized carbons (Fsp3) is 0.471. The van der Waals surface area contributed by atoms with E-state index in [2.05, 4.69) is 24.4 Å². The first-order chi connectivity index (χ1) is 10.2. The van der Waals surface area contributed by atoms with Crippen LogP contribution in [-0.2, 0) is 0 Å². The van der Waals surface area contributed by atoms with Gasteiger partial charge in [-0.25, -0.2) is 0 Å². The number of fused-ring (bicyclic) bond motifs is 1. The molecule has 0 spiro atoms. The smallest absolute Gasteiger partial charge is 0.261 e. The van der Waals surface area contributed by atoms with Crippen molar-refractivity contribution in [3.8, 4) is 0 Å². The van der Waals surface area contributed by atoms with Crippen molar-refractivity contribution in [1.82, 2.24) is 5.32 Å². The first-order valence-corrected chi connectivity index (χ1v) is 8.36. The molecular formula is C17H23NO2S. The van der Waals surface area contributed by atoms with E-state index in [4.69, 9.17) is 5.11 Å². The highest BCUT2D eigenvalue weighted by Gasteiger charge is 2.16. The van der Waals surface area contributed by atoms with Gasteiger partial charge in [0.15, 0.2) is 0 Å². The first kappa shape index (κ1) is 16.0. The SMILES string of the molecule is CCCC(CCO)CNC(=O)c1sc2ccccc2c1C. The van der Waals surface area contributed by atoms with Gasteiger partial charge in [0, 0.05) is 17.9 Å². The van der Waals surface area contributed by atoms with Crippen molar-refractivity contribution in [3.05, 3.63) is 34.7 Å². The lowest BCUT2D eigenvalue weighted by atomic mass is 10.0. The van der Waals surface area contributed by atoms with E-state index in [-0.39, 0.29) is 12.5 Å². The molecule has 1 amide bonds. The fourth-order valence-corrected chi connectivity index (χ4v) is 3.77. The number of carbonyl (C=O) groups excluding carboxylic acids is 1. The number of nitrogens with one attached hydrogen (secondary N) is 1. The molecule has 0 aliphatic carbocycles. The van der Waals surface area contributed by atoms with Gasteiger partial charge in [0.05, 0.1) is 4.88 Å². The van der Waals surface area contributed by atoms with Crippen LogP contribution in [0, 0.1) is 12.8 Å². The molecule has 0 aliphatic rings. The molecule has 1 unspecified atom stereocenters. The molecule has 1 heterocycles. The summed E-state index contributed by atoms with van der Waals surface area (Å²) in [5.41, 5.74) is 1.06. The van der Waals surface area contributed by atoms with Gasteiger partial charge >= 0.3 is 0 Å². The van der Waals surface area contributed by atoms with Crippen LogP contribution in [0.1, 0.15) is 41.4 Å². The molecule has 2 rings (SSSR count). The molecular weight excluding hydrogens is 282 g/mol. The van der Waals surface area contributed by atoms with Crippen LogP contribution in [0.25, 0.3) is 10.1 Å². The molecule has 0 saturated heterocycles. The van der Waals surface area contributed by atoms with Crippen molar-refractivity contribution < 1.29 is 9.90 Å². The topological polar surface area (TPSA) is 49.3 Å². The van der Waals surface area contributed by atoms with E-state index in [1.54, 1.807) is 11.3 Å². The van der Waals surface area contributed by atoms with Crippen LogP contribution in [0.5, 0.6) is 0 Å². The lowest BCUT2D eigenvalue weighted by Crippen LogP contribution is -2.29. The molecule has 0 bridgehead atoms. The zero-order valence-corrected chi connectivity index (χ0v) is 13.5. The fourth-order valence-electron chi connectivity index (χ4n) is 2.65. The standard InChI is InChI=1S/C17H23NO2S/c1-3-6-13(9-10-19)11-18-17(20)16-12(2)14-7-4-5-8-15(14)21-16/h4-5,7-8,13,19H,3,6,9-11H2,1-2H3,(H,18,20). The van der Waals surface area contributed by atoms with Crippen LogP contribution in [0.2, 0.25) is 0 Å². The number of carbonyl (C=O) groups is 1. The number of benzene rings is 1. The van der Waals surface area contributed by atoms with Crippen molar-refractivity contribution in [2.24, 2.45) is 5.92 Å². The van der Waals surface area contributed by atoms with Crippen molar-refractivity contribution in [1.29, 1.82) is 0 Å². The Balaban J connectivity index is 2.06. The second-order valence-corrected chi connectivity index (χ2v) is 6.48. The third-order valence-electron chi connectivity index (χ3n) is 3.84. The summed E-state index contributed by atoms with van der Waals surface area (Å²) in [4.78, 5) is 13.2. The molecule has 1 atom stereocenters. The highest BCUT2D eigenvalue weighted by Crippen LogP contribution is 2.30. The van der Waals surface area contributed by atoms with Crippen LogP contribution in [0.3, 0.4) is 0 Å². The van der Waals surface area contributed by atoms with Gasteiger partial charge in [-0.3, -0.25) is 4.79 Å². The second kappa shape index (κ2) is 7.57. The van der Waals surface area contributed by atoms with E-state index < -0.39 is 0 Å². The number of hydrogen-bond donors (Lipinski definition) is 2. The number of aliphatic hydroxyl groups is 1. The Bertz CT molecular complexity index is 600. The molecule has 4 heteroatoms. The Morgan fingerprint density at radius 1 is 1.33 bits per heavy atom. The van der Waals surface area contributed by atoms with Crippen LogP contribution >= 0.6 is 11.3 Å². The van der Waals surface area contributed by atoms with Gasteiger partial charge in [-0.05, 0) is 42.7 Å². The van der Waals surface area contributed by atoms with Crippen molar-refractivity contribution in [2.45, 2.75) is 33.1 Å². The average molecular weight is 305 g/mol. The quantitative estimate of drug-likeness (QED) is 0.818. The molecule has 0 fully saturated rings. The summed E-state index contributed by atoms with van der Waals surface area (Å²) >= 11 is 1.55. The normalized spacial score (nSPS) is 12.5. The predicted molar refractivity (Wildman–Crippen MR) is 89.0 cm³/mol. The van der Waals surface area contributed by atoms with Crippen LogP contribution in [-0.4, -0.2) is 24.2 Å². The van der Waals surface area contributed by atoms with E-state index in [1.165, 1.54) is 0 Å². The van der Waals surface area contributed by atoms with Crippen molar-refractivity contribution >= 4 is 27.3 Å². The van der Waals surface area contributed by atoms with E-state index in [1.807, 2.05) is 19.1 Å². The van der Waals surface area contributed by atoms with Crippen LogP contribution < -0.4 is 5.32 Å². The predicted octanol–water partition coefficient (Wildman–Crippen LogP) is 3.74. The maximum absolute atomic E-state index is 12.4. The molecule has 114 valence electrons. The number of thiophene rings is 1. The highest BCUT2D eigenvalue weighted by atomic mass is 32.1. The van der Waals surface area contributed by atoms with Gasteiger partial charge in [-0.1, -0.05) is 31.5 Å². The van der Waals surface area contributed by atoms with Gasteiger partial charge in [0.1, 0.15) is 0 Å². The van der Waals surface area contributed by atoms with E-state index in [0.29, 0.717) is 12.5 Å². The molecule has 2 aromatic rings. The number of aryl methyl sites for hydroxylation is 1. The summed E-state index contributed by atoms with van der Waals surface area (Å²) in [5.74, 6) is 0.367. The molecule has 1 aromatic carbocycles. The summed E-state index contributed by atoms with van der Waals surface area (Å²) in [6.45, 7) is 4.96. The Kier molecular flexibility index (Phi) is 5.76. The summed E-state index contributed by atoms with van der Waals surface area (Å²) in [6.07, 6.45) is 2.86. The monoisotopic (exact) mass is 305 g/mol. The Hall–Kier alpha value is -1.39. The number of aliphatic hydroxyl groups excluding tert-OH is 1. The Morgan fingerprint density at radius 3 is 2.76 bits per heavy atom. The number of rotatable bonds is 7. The van der Waals surface area contributed by atoms with Crippen LogP contribution in [0.4, 0.5) is 0 Å². The first-order valence-electron chi connectivity index (χ1n) is 7.54. The lowest BCUT2D eigenvalue weighted by Gasteiger charge is -2.15. The molecule has 1 aromatic heterocycles. The summed E-state index contributed by atoms with van der Waals surface area (Å²) in [6, 6.07) is 8.11. The largest absolute Gasteiger partial charge is 0.396 e. The Morgan fingerprint density at radius 2 is 2.10 bits per heavy atom. The van der Waals surface area contributed by atoms with Crippen molar-refractivity contribution in [2.75, 3.05) is 13.2 Å². The third kappa shape index (κ3) is 3.83. The summed E-state index contributed by atoms with van der Waals surface area (Å²) < 4.78 is 1.15. The van der Waals surface area contributed by atoms with E-state index in [9.17, 15) is 4.79 Å². The van der Waals surface area contributed by atoms with E-state index in [0.717, 1.165) is 39.8 Å². The minimum Gasteiger partial charge on any atom is -0.396 e. The van der Waals surface area contributed by atoms with Crippen LogP contribution in [0.15, 0.2) is 24.3 Å². The molecule has 3 nitrogen and oxygen atoms in total. The third-order valence-corrected chi connectivity index (χ3v) is 5.11. The van der Waals surface area contributed by atoms with Gasteiger partial charge in [0.2, 0.25) is 0 Å². The minimum absolute atomic E-state index is 0.00717. The van der Waals surface area contributed by atoms with E-state index >= 15 is 0 Å². The second-order valence-electron chi connectivity index (χ2n) is 5.43. The maximum Gasteiger partial charge on any atom is 0.261 e.